The second-order valence-corrected chi connectivity index (χ2v) is 8.21. The van der Waals surface area contributed by atoms with Crippen molar-refractivity contribution in [2.45, 2.75) is 83.8 Å². The summed E-state index contributed by atoms with van der Waals surface area (Å²) in [6.07, 6.45) is 7.27. The fourth-order valence-corrected chi connectivity index (χ4v) is 3.82. The molecule has 1 aromatic rings. The average Bonchev–Trinajstić information content (AvgIpc) is 2.87. The van der Waals surface area contributed by atoms with Gasteiger partial charge in [-0.15, -0.1) is 0 Å². The van der Waals surface area contributed by atoms with E-state index in [1.165, 1.54) is 0 Å². The number of aromatic hydroxyl groups is 2. The summed E-state index contributed by atoms with van der Waals surface area (Å²) in [6.45, 7) is 5.25. The van der Waals surface area contributed by atoms with E-state index < -0.39 is 5.60 Å². The summed E-state index contributed by atoms with van der Waals surface area (Å²) >= 11 is 6.06. The van der Waals surface area contributed by atoms with E-state index >= 15 is 0 Å². The summed E-state index contributed by atoms with van der Waals surface area (Å²) in [7, 11) is 0. The van der Waals surface area contributed by atoms with Gasteiger partial charge in [0.1, 0.15) is 17.1 Å². The Morgan fingerprint density at radius 1 is 1.15 bits per heavy atom. The van der Waals surface area contributed by atoms with Crippen LogP contribution < -0.4 is 0 Å². The zero-order valence-corrected chi connectivity index (χ0v) is 17.1. The minimum atomic E-state index is -0.635. The highest BCUT2D eigenvalue weighted by Gasteiger charge is 2.39. The van der Waals surface area contributed by atoms with Crippen LogP contribution in [-0.4, -0.2) is 34.0 Å². The van der Waals surface area contributed by atoms with Crippen molar-refractivity contribution in [1.82, 2.24) is 0 Å². The van der Waals surface area contributed by atoms with Crippen LogP contribution in [0.1, 0.15) is 80.3 Å². The minimum Gasteiger partial charge on any atom is -0.507 e. The Morgan fingerprint density at radius 2 is 1.78 bits per heavy atom. The molecule has 0 saturated carbocycles. The second-order valence-electron chi connectivity index (χ2n) is 7.83. The predicted molar refractivity (Wildman–Crippen MR) is 105 cm³/mol. The second kappa shape index (κ2) is 9.07. The van der Waals surface area contributed by atoms with Gasteiger partial charge in [-0.25, -0.2) is 0 Å². The maximum absolute atomic E-state index is 11.8. The van der Waals surface area contributed by atoms with Crippen LogP contribution in [0.4, 0.5) is 0 Å². The summed E-state index contributed by atoms with van der Waals surface area (Å²) in [5, 5.41) is 20.5. The van der Waals surface area contributed by atoms with Gasteiger partial charge >= 0.3 is 0 Å². The molecular formula is C21H29ClO5. The Kier molecular flexibility index (Phi) is 7.29. The van der Waals surface area contributed by atoms with Gasteiger partial charge in [-0.05, 0) is 45.6 Å². The summed E-state index contributed by atoms with van der Waals surface area (Å²) in [4.78, 5) is 22.9. The van der Waals surface area contributed by atoms with E-state index in [0.29, 0.717) is 30.3 Å². The van der Waals surface area contributed by atoms with E-state index in [4.69, 9.17) is 16.3 Å². The number of halogens is 1. The predicted octanol–water partition coefficient (Wildman–Crippen LogP) is 4.89. The number of carbonyl (C=O) groups is 2. The van der Waals surface area contributed by atoms with E-state index in [0.717, 1.165) is 38.5 Å². The molecule has 0 radical (unpaired) electrons. The number of aldehydes is 1. The Bertz CT molecular complexity index is 711. The number of hydrogen-bond donors (Lipinski definition) is 2. The number of hydrogen-bond acceptors (Lipinski definition) is 5. The first-order valence-corrected chi connectivity index (χ1v) is 9.96. The molecule has 0 amide bonds. The molecule has 1 aliphatic heterocycles. The molecule has 0 aliphatic carbocycles. The molecule has 0 aromatic heterocycles. The lowest BCUT2D eigenvalue weighted by atomic mass is 9.97. The van der Waals surface area contributed by atoms with Crippen LogP contribution in [0.3, 0.4) is 0 Å². The lowest BCUT2D eigenvalue weighted by Crippen LogP contribution is -2.27. The van der Waals surface area contributed by atoms with Gasteiger partial charge in [0.25, 0.3) is 0 Å². The third-order valence-electron chi connectivity index (χ3n) is 5.38. The first-order valence-electron chi connectivity index (χ1n) is 9.58. The van der Waals surface area contributed by atoms with Crippen molar-refractivity contribution in [2.24, 2.45) is 0 Å². The Morgan fingerprint density at radius 3 is 2.37 bits per heavy atom. The summed E-state index contributed by atoms with van der Waals surface area (Å²) < 4.78 is 5.77. The molecule has 1 atom stereocenters. The number of Topliss-reactive ketones (excluding diaryl/α,β-unsaturated/α-hetero) is 1. The van der Waals surface area contributed by atoms with Gasteiger partial charge in [0.15, 0.2) is 12.1 Å². The topological polar surface area (TPSA) is 83.8 Å². The third kappa shape index (κ3) is 5.02. The maximum Gasteiger partial charge on any atom is 0.166 e. The highest BCUT2D eigenvalue weighted by Crippen LogP contribution is 2.40. The Hall–Kier alpha value is -1.59. The molecular weight excluding hydrogens is 368 g/mol. The molecule has 0 bridgehead atoms. The smallest absolute Gasteiger partial charge is 0.166 e. The molecule has 1 fully saturated rings. The minimum absolute atomic E-state index is 0.0397. The molecule has 2 rings (SSSR count). The number of carbonyl (C=O) groups excluding carboxylic acids is 2. The van der Waals surface area contributed by atoms with Crippen LogP contribution in [0.15, 0.2) is 0 Å². The highest BCUT2D eigenvalue weighted by molar-refractivity contribution is 6.33. The SMILES string of the molecule is Cc1c(Cl)c(O)c(CCCCCCCC2CC(=O)C(C)(C)O2)c(O)c1C=O. The number of ketones is 1. The molecule has 1 aliphatic rings. The van der Waals surface area contributed by atoms with E-state index in [-0.39, 0.29) is 34.0 Å². The van der Waals surface area contributed by atoms with Crippen molar-refractivity contribution in [1.29, 1.82) is 0 Å². The quantitative estimate of drug-likeness (QED) is 0.458. The van der Waals surface area contributed by atoms with Gasteiger partial charge in [0, 0.05) is 12.0 Å². The van der Waals surface area contributed by atoms with Gasteiger partial charge in [0.2, 0.25) is 0 Å². The average molecular weight is 397 g/mol. The highest BCUT2D eigenvalue weighted by atomic mass is 35.5. The van der Waals surface area contributed by atoms with Crippen molar-refractivity contribution in [3.63, 3.8) is 0 Å². The largest absolute Gasteiger partial charge is 0.507 e. The number of phenols is 2. The fraction of sp³-hybridized carbons (Fsp3) is 0.619. The number of phenolic OH excluding ortho intramolecular Hbond substituents is 2. The molecule has 1 unspecified atom stereocenters. The molecule has 1 heterocycles. The van der Waals surface area contributed by atoms with Crippen molar-refractivity contribution < 1.29 is 24.5 Å². The molecule has 2 N–H and O–H groups in total. The molecule has 1 aromatic carbocycles. The fourth-order valence-electron chi connectivity index (χ4n) is 3.60. The molecule has 5 nitrogen and oxygen atoms in total. The van der Waals surface area contributed by atoms with Gasteiger partial charge < -0.3 is 14.9 Å². The van der Waals surface area contributed by atoms with Gasteiger partial charge in [0.05, 0.1) is 16.7 Å². The molecule has 6 heteroatoms. The molecule has 0 spiro atoms. The van der Waals surface area contributed by atoms with Gasteiger partial charge in [-0.2, -0.15) is 0 Å². The normalized spacial score (nSPS) is 18.8. The zero-order valence-electron chi connectivity index (χ0n) is 16.3. The lowest BCUT2D eigenvalue weighted by Gasteiger charge is -2.17. The van der Waals surface area contributed by atoms with Crippen molar-refractivity contribution in [3.8, 4) is 11.5 Å². The van der Waals surface area contributed by atoms with Crippen molar-refractivity contribution in [3.05, 3.63) is 21.7 Å². The van der Waals surface area contributed by atoms with Crippen LogP contribution in [0.25, 0.3) is 0 Å². The van der Waals surface area contributed by atoms with Crippen molar-refractivity contribution >= 4 is 23.7 Å². The third-order valence-corrected chi connectivity index (χ3v) is 5.85. The van der Waals surface area contributed by atoms with Crippen LogP contribution >= 0.6 is 11.6 Å². The van der Waals surface area contributed by atoms with Gasteiger partial charge in [-0.3, -0.25) is 9.59 Å². The van der Waals surface area contributed by atoms with Crippen LogP contribution in [0.5, 0.6) is 11.5 Å². The molecule has 27 heavy (non-hydrogen) atoms. The van der Waals surface area contributed by atoms with Crippen LogP contribution in [0, 0.1) is 6.92 Å². The van der Waals surface area contributed by atoms with Crippen LogP contribution in [0.2, 0.25) is 5.02 Å². The van der Waals surface area contributed by atoms with Crippen molar-refractivity contribution in [2.75, 3.05) is 0 Å². The standard InChI is InChI=1S/C21H29ClO5/c1-13-16(12-23)19(25)15(20(26)18(13)22)10-8-6-4-5-7-9-14-11-17(24)21(2,3)27-14/h12,14,25-26H,4-11H2,1-3H3. The number of rotatable bonds is 9. The summed E-state index contributed by atoms with van der Waals surface area (Å²) in [5.74, 6) is -0.128. The first-order chi connectivity index (χ1) is 12.7. The number of ether oxygens (including phenoxy) is 1. The van der Waals surface area contributed by atoms with E-state index in [1.807, 2.05) is 13.8 Å². The van der Waals surface area contributed by atoms with Crippen LogP contribution in [-0.2, 0) is 16.0 Å². The molecule has 150 valence electrons. The Balaban J connectivity index is 1.73. The summed E-state index contributed by atoms with van der Waals surface area (Å²) in [5.41, 5.74) is 0.237. The maximum atomic E-state index is 11.8. The van der Waals surface area contributed by atoms with E-state index in [2.05, 4.69) is 0 Å². The van der Waals surface area contributed by atoms with E-state index in [1.54, 1.807) is 6.92 Å². The monoisotopic (exact) mass is 396 g/mol. The number of unbranched alkanes of at least 4 members (excludes halogenated alkanes) is 4. The molecule has 1 saturated heterocycles. The lowest BCUT2D eigenvalue weighted by molar-refractivity contribution is -0.129. The first kappa shape index (κ1) is 21.7. The van der Waals surface area contributed by atoms with Gasteiger partial charge in [-0.1, -0.05) is 37.3 Å². The zero-order chi connectivity index (χ0) is 20.2. The Labute approximate surface area is 165 Å². The van der Waals surface area contributed by atoms with E-state index in [9.17, 15) is 19.8 Å². The number of benzene rings is 1. The summed E-state index contributed by atoms with van der Waals surface area (Å²) in [6, 6.07) is 0.